The first-order valence-electron chi connectivity index (χ1n) is 10.7. The van der Waals surface area contributed by atoms with Crippen LogP contribution in [0.25, 0.3) is 0 Å². The van der Waals surface area contributed by atoms with Crippen LogP contribution in [0.15, 0.2) is 4.99 Å². The molecule has 0 bridgehead atoms. The Hall–Kier alpha value is -0.120. The molecule has 2 heterocycles. The van der Waals surface area contributed by atoms with Gasteiger partial charge in [0, 0.05) is 59.2 Å². The molecule has 0 aromatic carbocycles. The van der Waals surface area contributed by atoms with Crippen LogP contribution < -0.4 is 10.6 Å². The smallest absolute Gasteiger partial charge is 0.191 e. The van der Waals surface area contributed by atoms with Crippen LogP contribution in [0.3, 0.4) is 0 Å². The summed E-state index contributed by atoms with van der Waals surface area (Å²) in [5, 5.41) is 6.84. The lowest BCUT2D eigenvalue weighted by Gasteiger charge is -2.35. The molecule has 2 aliphatic heterocycles. The van der Waals surface area contributed by atoms with Crippen LogP contribution in [-0.2, 0) is 9.47 Å². The van der Waals surface area contributed by atoms with Gasteiger partial charge in [0.15, 0.2) is 5.96 Å². The third-order valence-corrected chi connectivity index (χ3v) is 5.59. The monoisotopic (exact) mass is 496 g/mol. The molecule has 6 nitrogen and oxygen atoms in total. The van der Waals surface area contributed by atoms with Crippen molar-refractivity contribution in [1.82, 2.24) is 15.5 Å². The highest BCUT2D eigenvalue weighted by Crippen LogP contribution is 2.18. The van der Waals surface area contributed by atoms with Crippen LogP contribution in [0.1, 0.15) is 51.9 Å². The maximum Gasteiger partial charge on any atom is 0.191 e. The van der Waals surface area contributed by atoms with E-state index in [1.807, 2.05) is 7.05 Å². The van der Waals surface area contributed by atoms with Crippen LogP contribution in [0, 0.1) is 5.92 Å². The van der Waals surface area contributed by atoms with Gasteiger partial charge in [0.05, 0.1) is 0 Å². The van der Waals surface area contributed by atoms with Crippen LogP contribution >= 0.6 is 24.0 Å². The van der Waals surface area contributed by atoms with Crippen molar-refractivity contribution in [3.05, 3.63) is 0 Å². The normalized spacial score (nSPS) is 22.3. The van der Waals surface area contributed by atoms with Crippen molar-refractivity contribution >= 4 is 29.9 Å². The van der Waals surface area contributed by atoms with Gasteiger partial charge < -0.3 is 20.1 Å². The van der Waals surface area contributed by atoms with E-state index in [0.717, 1.165) is 77.3 Å². The van der Waals surface area contributed by atoms with E-state index in [2.05, 4.69) is 27.4 Å². The number of hydrogen-bond donors (Lipinski definition) is 2. The number of hydrogen-bond acceptors (Lipinski definition) is 4. The minimum atomic E-state index is 0. The minimum absolute atomic E-state index is 0. The number of nitrogens with one attached hydrogen (secondary N) is 2. The molecule has 0 amide bonds. The lowest BCUT2D eigenvalue weighted by molar-refractivity contribution is 0.0203. The zero-order valence-corrected chi connectivity index (χ0v) is 19.7. The number of rotatable bonds is 10. The van der Waals surface area contributed by atoms with E-state index in [1.54, 1.807) is 0 Å². The number of piperidine rings is 1. The fraction of sp³-hybridized carbons (Fsp3) is 0.950. The van der Waals surface area contributed by atoms with Gasteiger partial charge in [0.25, 0.3) is 0 Å². The second kappa shape index (κ2) is 15.8. The van der Waals surface area contributed by atoms with E-state index in [1.165, 1.54) is 32.2 Å². The Morgan fingerprint density at radius 3 is 2.67 bits per heavy atom. The maximum atomic E-state index is 5.81. The molecule has 2 aliphatic rings. The lowest BCUT2D eigenvalue weighted by Crippen LogP contribution is -2.46. The summed E-state index contributed by atoms with van der Waals surface area (Å²) in [6.07, 6.45) is 8.65. The molecule has 1 atom stereocenters. The van der Waals surface area contributed by atoms with Crippen molar-refractivity contribution < 1.29 is 9.47 Å². The van der Waals surface area contributed by atoms with Gasteiger partial charge in [-0.2, -0.15) is 0 Å². The quantitative estimate of drug-likeness (QED) is 0.211. The van der Waals surface area contributed by atoms with Crippen LogP contribution in [0.5, 0.6) is 0 Å². The van der Waals surface area contributed by atoms with E-state index in [-0.39, 0.29) is 24.0 Å². The molecule has 27 heavy (non-hydrogen) atoms. The topological polar surface area (TPSA) is 58.1 Å². The molecule has 0 radical (unpaired) electrons. The molecule has 7 heteroatoms. The van der Waals surface area contributed by atoms with Crippen LogP contribution in [0.2, 0.25) is 0 Å². The zero-order valence-electron chi connectivity index (χ0n) is 17.4. The third-order valence-electron chi connectivity index (χ3n) is 5.59. The van der Waals surface area contributed by atoms with Gasteiger partial charge in [-0.05, 0) is 51.0 Å². The number of nitrogens with zero attached hydrogens (tertiary/aromatic N) is 2. The Morgan fingerprint density at radius 2 is 1.93 bits per heavy atom. The summed E-state index contributed by atoms with van der Waals surface area (Å²) < 4.78 is 11.2. The summed E-state index contributed by atoms with van der Waals surface area (Å²) in [6.45, 7) is 10.00. The van der Waals surface area contributed by atoms with Gasteiger partial charge in [0.2, 0.25) is 0 Å². The Bertz CT molecular complexity index is 392. The predicted octanol–water partition coefficient (Wildman–Crippen LogP) is 2.87. The van der Waals surface area contributed by atoms with Crippen molar-refractivity contribution in [2.24, 2.45) is 10.9 Å². The molecule has 0 spiro atoms. The van der Waals surface area contributed by atoms with E-state index in [0.29, 0.717) is 5.92 Å². The Balaban J connectivity index is 0.00000364. The SMILES string of the molecule is CCC1CCCCN1CCNC(=NC)NCCCOCC1CCOCC1.I. The predicted molar refractivity (Wildman–Crippen MR) is 123 cm³/mol. The molecule has 2 N–H and O–H groups in total. The minimum Gasteiger partial charge on any atom is -0.381 e. The van der Waals surface area contributed by atoms with E-state index in [4.69, 9.17) is 9.47 Å². The maximum absolute atomic E-state index is 5.81. The van der Waals surface area contributed by atoms with Crippen LogP contribution in [-0.4, -0.2) is 76.6 Å². The molecule has 0 aromatic heterocycles. The number of aliphatic imine (C=N–C) groups is 1. The molecule has 1 unspecified atom stereocenters. The molecule has 0 aromatic rings. The number of likely N-dealkylation sites (tertiary alicyclic amines) is 1. The highest BCUT2D eigenvalue weighted by Gasteiger charge is 2.20. The third kappa shape index (κ3) is 10.3. The first kappa shape index (κ1) is 24.9. The highest BCUT2D eigenvalue weighted by atomic mass is 127. The average molecular weight is 496 g/mol. The van der Waals surface area contributed by atoms with Gasteiger partial charge in [-0.3, -0.25) is 9.89 Å². The fourth-order valence-electron chi connectivity index (χ4n) is 3.90. The van der Waals surface area contributed by atoms with Crippen molar-refractivity contribution in [3.8, 4) is 0 Å². The standard InChI is InChI=1S/C20H40N4O2.HI/c1-3-19-7-4-5-12-24(19)13-11-23-20(21-2)22-10-6-14-26-17-18-8-15-25-16-9-18;/h18-19H,3-17H2,1-2H3,(H2,21,22,23);1H. The summed E-state index contributed by atoms with van der Waals surface area (Å²) in [7, 11) is 1.84. The summed E-state index contributed by atoms with van der Waals surface area (Å²) in [5.41, 5.74) is 0. The van der Waals surface area contributed by atoms with Gasteiger partial charge in [-0.25, -0.2) is 0 Å². The van der Waals surface area contributed by atoms with Crippen LogP contribution in [0.4, 0.5) is 0 Å². The van der Waals surface area contributed by atoms with Crippen molar-refractivity contribution in [2.75, 3.05) is 59.7 Å². The summed E-state index contributed by atoms with van der Waals surface area (Å²) in [4.78, 5) is 6.96. The Kier molecular flexibility index (Phi) is 14.5. The summed E-state index contributed by atoms with van der Waals surface area (Å²) >= 11 is 0. The second-order valence-corrected chi connectivity index (χ2v) is 7.50. The van der Waals surface area contributed by atoms with Gasteiger partial charge in [0.1, 0.15) is 0 Å². The van der Waals surface area contributed by atoms with Crippen molar-refractivity contribution in [3.63, 3.8) is 0 Å². The highest BCUT2D eigenvalue weighted by molar-refractivity contribution is 14.0. The molecule has 0 aliphatic carbocycles. The lowest BCUT2D eigenvalue weighted by atomic mass is 10.0. The number of ether oxygens (including phenoxy) is 2. The second-order valence-electron chi connectivity index (χ2n) is 7.50. The molecular weight excluding hydrogens is 455 g/mol. The van der Waals surface area contributed by atoms with Crippen molar-refractivity contribution in [2.45, 2.75) is 57.9 Å². The first-order valence-corrected chi connectivity index (χ1v) is 10.7. The molecule has 0 saturated carbocycles. The van der Waals surface area contributed by atoms with E-state index < -0.39 is 0 Å². The Morgan fingerprint density at radius 1 is 1.15 bits per heavy atom. The zero-order chi connectivity index (χ0) is 18.5. The fourth-order valence-corrected chi connectivity index (χ4v) is 3.90. The van der Waals surface area contributed by atoms with E-state index >= 15 is 0 Å². The largest absolute Gasteiger partial charge is 0.381 e. The summed E-state index contributed by atoms with van der Waals surface area (Å²) in [6, 6.07) is 0.772. The molecule has 2 saturated heterocycles. The molecular formula is C20H41IN4O2. The van der Waals surface area contributed by atoms with Gasteiger partial charge in [-0.15, -0.1) is 24.0 Å². The van der Waals surface area contributed by atoms with E-state index in [9.17, 15) is 0 Å². The molecule has 2 rings (SSSR count). The Labute approximate surface area is 183 Å². The average Bonchev–Trinajstić information content (AvgIpc) is 2.70. The van der Waals surface area contributed by atoms with Crippen molar-refractivity contribution in [1.29, 1.82) is 0 Å². The van der Waals surface area contributed by atoms with Gasteiger partial charge in [-0.1, -0.05) is 13.3 Å². The summed E-state index contributed by atoms with van der Waals surface area (Å²) in [5.74, 6) is 1.59. The number of halogens is 1. The molecule has 2 fully saturated rings. The first-order chi connectivity index (χ1) is 12.8. The number of guanidine groups is 1. The molecule has 160 valence electrons. The van der Waals surface area contributed by atoms with Gasteiger partial charge >= 0.3 is 0 Å².